The predicted molar refractivity (Wildman–Crippen MR) is 85.3 cm³/mol. The molecule has 1 heterocycles. The number of nitrogens with zero attached hydrogens (tertiary/aromatic N) is 1. The largest absolute Gasteiger partial charge is 0.469 e. The number of methoxy groups -OCH3 is 1. The van der Waals surface area contributed by atoms with Gasteiger partial charge in [0, 0.05) is 31.6 Å². The van der Waals surface area contributed by atoms with E-state index in [9.17, 15) is 4.79 Å². The number of likely N-dealkylation sites (tertiary alicyclic amines) is 1. The van der Waals surface area contributed by atoms with E-state index in [2.05, 4.69) is 17.1 Å². The molecule has 2 aliphatic rings. The minimum absolute atomic E-state index is 0.0691. The topological polar surface area (TPSA) is 41.6 Å². The number of carbonyl (C=O) groups excluding carboxylic acids is 1. The van der Waals surface area contributed by atoms with Gasteiger partial charge in [0.1, 0.15) is 0 Å². The lowest BCUT2D eigenvalue weighted by Gasteiger charge is -2.40. The van der Waals surface area contributed by atoms with Crippen LogP contribution >= 0.6 is 0 Å². The average Bonchev–Trinajstić information content (AvgIpc) is 2.53. The van der Waals surface area contributed by atoms with Crippen LogP contribution in [0.15, 0.2) is 0 Å². The van der Waals surface area contributed by atoms with Crippen LogP contribution in [0.25, 0.3) is 0 Å². The van der Waals surface area contributed by atoms with Gasteiger partial charge in [-0.05, 0) is 38.1 Å². The molecule has 2 unspecified atom stereocenters. The Hall–Kier alpha value is -0.610. The highest BCUT2D eigenvalue weighted by molar-refractivity contribution is 5.69. The van der Waals surface area contributed by atoms with Crippen LogP contribution in [-0.2, 0) is 9.53 Å². The van der Waals surface area contributed by atoms with Gasteiger partial charge in [-0.1, -0.05) is 26.2 Å². The summed E-state index contributed by atoms with van der Waals surface area (Å²) in [5.41, 5.74) is 0. The van der Waals surface area contributed by atoms with Crippen molar-refractivity contribution in [2.75, 3.05) is 26.7 Å². The van der Waals surface area contributed by atoms with Crippen LogP contribution in [0.2, 0.25) is 0 Å². The number of piperidine rings is 1. The van der Waals surface area contributed by atoms with Crippen molar-refractivity contribution in [1.82, 2.24) is 10.2 Å². The Bertz CT molecular complexity index is 316. The zero-order valence-electron chi connectivity index (χ0n) is 13.8. The molecule has 1 saturated carbocycles. The molecule has 122 valence electrons. The number of esters is 1. The van der Waals surface area contributed by atoms with Crippen molar-refractivity contribution < 1.29 is 9.53 Å². The van der Waals surface area contributed by atoms with Crippen LogP contribution < -0.4 is 5.32 Å². The number of nitrogens with one attached hydrogen (secondary N) is 1. The maximum atomic E-state index is 11.4. The second-order valence-electron chi connectivity index (χ2n) is 6.77. The third kappa shape index (κ3) is 5.59. The van der Waals surface area contributed by atoms with E-state index in [4.69, 9.17) is 4.74 Å². The van der Waals surface area contributed by atoms with Crippen LogP contribution in [-0.4, -0.2) is 49.7 Å². The number of hydrogen-bond donors (Lipinski definition) is 1. The summed E-state index contributed by atoms with van der Waals surface area (Å²) >= 11 is 0. The second kappa shape index (κ2) is 8.74. The molecular formula is C17H32N2O2. The molecule has 2 atom stereocenters. The van der Waals surface area contributed by atoms with Crippen molar-refractivity contribution in [3.05, 3.63) is 0 Å². The van der Waals surface area contributed by atoms with Gasteiger partial charge < -0.3 is 15.0 Å². The van der Waals surface area contributed by atoms with Crippen LogP contribution in [0.4, 0.5) is 0 Å². The first-order valence-corrected chi connectivity index (χ1v) is 8.76. The van der Waals surface area contributed by atoms with E-state index >= 15 is 0 Å². The Morgan fingerprint density at radius 1 is 1.19 bits per heavy atom. The number of hydrogen-bond acceptors (Lipinski definition) is 4. The summed E-state index contributed by atoms with van der Waals surface area (Å²) in [7, 11) is 1.48. The lowest BCUT2D eigenvalue weighted by Crippen LogP contribution is -2.52. The number of ether oxygens (including phenoxy) is 1. The first-order valence-electron chi connectivity index (χ1n) is 8.76. The highest BCUT2D eigenvalue weighted by atomic mass is 16.5. The van der Waals surface area contributed by atoms with Gasteiger partial charge in [0.25, 0.3) is 0 Å². The third-order valence-corrected chi connectivity index (χ3v) is 5.12. The summed E-state index contributed by atoms with van der Waals surface area (Å²) in [6.45, 7) is 5.65. The Morgan fingerprint density at radius 3 is 2.62 bits per heavy atom. The minimum atomic E-state index is -0.0691. The van der Waals surface area contributed by atoms with Crippen molar-refractivity contribution in [2.45, 2.75) is 70.4 Å². The molecule has 2 fully saturated rings. The molecule has 0 amide bonds. The minimum Gasteiger partial charge on any atom is -0.469 e. The molecule has 0 bridgehead atoms. The summed E-state index contributed by atoms with van der Waals surface area (Å²) < 4.78 is 4.77. The normalized spacial score (nSPS) is 28.5. The van der Waals surface area contributed by atoms with Gasteiger partial charge in [-0.2, -0.15) is 0 Å². The van der Waals surface area contributed by atoms with E-state index in [0.29, 0.717) is 18.4 Å². The molecule has 2 rings (SSSR count). The Balaban J connectivity index is 1.81. The van der Waals surface area contributed by atoms with Gasteiger partial charge in [0.05, 0.1) is 7.11 Å². The molecular weight excluding hydrogens is 264 g/mol. The fourth-order valence-corrected chi connectivity index (χ4v) is 3.92. The summed E-state index contributed by atoms with van der Waals surface area (Å²) in [5.74, 6) is 0.555. The van der Waals surface area contributed by atoms with Crippen molar-refractivity contribution in [2.24, 2.45) is 5.92 Å². The third-order valence-electron chi connectivity index (χ3n) is 5.12. The molecule has 1 saturated heterocycles. The molecule has 4 heteroatoms. The summed E-state index contributed by atoms with van der Waals surface area (Å²) in [6.07, 6.45) is 9.60. The van der Waals surface area contributed by atoms with Crippen molar-refractivity contribution in [3.63, 3.8) is 0 Å². The monoisotopic (exact) mass is 296 g/mol. The highest BCUT2D eigenvalue weighted by Crippen LogP contribution is 2.24. The first-order chi connectivity index (χ1) is 10.2. The molecule has 0 radical (unpaired) electrons. The van der Waals surface area contributed by atoms with E-state index in [-0.39, 0.29) is 5.97 Å². The molecule has 0 spiro atoms. The fraction of sp³-hybridized carbons (Fsp3) is 0.941. The quantitative estimate of drug-likeness (QED) is 0.765. The van der Waals surface area contributed by atoms with Crippen LogP contribution in [0, 0.1) is 5.92 Å². The number of carbonyl (C=O) groups is 1. The van der Waals surface area contributed by atoms with Gasteiger partial charge in [-0.25, -0.2) is 0 Å². The maximum absolute atomic E-state index is 11.4. The molecule has 1 aliphatic carbocycles. The summed E-state index contributed by atoms with van der Waals surface area (Å²) in [4.78, 5) is 13.9. The van der Waals surface area contributed by atoms with Gasteiger partial charge in [0.2, 0.25) is 0 Å². The number of likely N-dealkylation sites (N-methyl/N-ethyl adjacent to an activating group) is 1. The fourth-order valence-electron chi connectivity index (χ4n) is 3.92. The van der Waals surface area contributed by atoms with E-state index < -0.39 is 0 Å². The molecule has 0 aromatic carbocycles. The Labute approximate surface area is 129 Å². The van der Waals surface area contributed by atoms with E-state index in [1.807, 2.05) is 0 Å². The van der Waals surface area contributed by atoms with Crippen LogP contribution in [0.3, 0.4) is 0 Å². The summed E-state index contributed by atoms with van der Waals surface area (Å²) in [5, 5.41) is 3.90. The SMILES string of the molecule is CCN1CC(CCC(=O)OC)CC(NC2CCCCC2)C1. The van der Waals surface area contributed by atoms with Crippen molar-refractivity contribution in [1.29, 1.82) is 0 Å². The molecule has 0 aromatic heterocycles. The Kier molecular flexibility index (Phi) is 6.97. The summed E-state index contributed by atoms with van der Waals surface area (Å²) in [6, 6.07) is 1.33. The maximum Gasteiger partial charge on any atom is 0.305 e. The van der Waals surface area contributed by atoms with E-state index in [0.717, 1.165) is 25.6 Å². The Morgan fingerprint density at radius 2 is 1.95 bits per heavy atom. The lowest BCUT2D eigenvalue weighted by molar-refractivity contribution is -0.141. The predicted octanol–water partition coefficient (Wildman–Crippen LogP) is 2.57. The van der Waals surface area contributed by atoms with Crippen molar-refractivity contribution in [3.8, 4) is 0 Å². The highest BCUT2D eigenvalue weighted by Gasteiger charge is 2.28. The molecule has 1 N–H and O–H groups in total. The molecule has 4 nitrogen and oxygen atoms in total. The first kappa shape index (κ1) is 16.8. The zero-order chi connectivity index (χ0) is 15.1. The van der Waals surface area contributed by atoms with Gasteiger partial charge >= 0.3 is 5.97 Å². The standard InChI is InChI=1S/C17H32N2O2/c1-3-19-12-14(9-10-17(20)21-2)11-16(13-19)18-15-7-5-4-6-8-15/h14-16,18H,3-13H2,1-2H3. The zero-order valence-corrected chi connectivity index (χ0v) is 13.8. The van der Waals surface area contributed by atoms with Crippen LogP contribution in [0.1, 0.15) is 58.3 Å². The van der Waals surface area contributed by atoms with Gasteiger partial charge in [0.15, 0.2) is 0 Å². The molecule has 0 aromatic rings. The second-order valence-corrected chi connectivity index (χ2v) is 6.77. The van der Waals surface area contributed by atoms with E-state index in [1.54, 1.807) is 0 Å². The van der Waals surface area contributed by atoms with Crippen molar-refractivity contribution >= 4 is 5.97 Å². The molecule has 1 aliphatic heterocycles. The van der Waals surface area contributed by atoms with E-state index in [1.165, 1.54) is 52.2 Å². The number of rotatable bonds is 6. The van der Waals surface area contributed by atoms with Gasteiger partial charge in [-0.3, -0.25) is 4.79 Å². The average molecular weight is 296 g/mol. The van der Waals surface area contributed by atoms with Crippen LogP contribution in [0.5, 0.6) is 0 Å². The molecule has 21 heavy (non-hydrogen) atoms. The lowest BCUT2D eigenvalue weighted by atomic mass is 9.88. The smallest absolute Gasteiger partial charge is 0.305 e. The van der Waals surface area contributed by atoms with Gasteiger partial charge in [-0.15, -0.1) is 0 Å².